The summed E-state index contributed by atoms with van der Waals surface area (Å²) in [5.74, 6) is 1.84. The molecule has 0 bridgehead atoms. The van der Waals surface area contributed by atoms with Gasteiger partial charge in [-0.15, -0.1) is 11.3 Å². The molecular formula is C26H22N6O3S2. The van der Waals surface area contributed by atoms with Crippen molar-refractivity contribution < 1.29 is 14.6 Å². The highest BCUT2D eigenvalue weighted by Gasteiger charge is 2.21. The van der Waals surface area contributed by atoms with Gasteiger partial charge in [0.05, 0.1) is 31.5 Å². The summed E-state index contributed by atoms with van der Waals surface area (Å²) in [4.78, 5) is 12.5. The topological polar surface area (TPSA) is 131 Å². The van der Waals surface area contributed by atoms with Crippen molar-refractivity contribution in [2.24, 2.45) is 0 Å². The summed E-state index contributed by atoms with van der Waals surface area (Å²) in [6.07, 6.45) is 0. The molecule has 9 nitrogen and oxygen atoms in total. The lowest BCUT2D eigenvalue weighted by Crippen LogP contribution is -2.02. The van der Waals surface area contributed by atoms with Gasteiger partial charge in [-0.1, -0.05) is 30.0 Å². The quantitative estimate of drug-likeness (QED) is 0.176. The van der Waals surface area contributed by atoms with E-state index in [1.807, 2.05) is 29.6 Å². The number of aliphatic hydroxyl groups excluding tert-OH is 1. The highest BCUT2D eigenvalue weighted by atomic mass is 32.2. The van der Waals surface area contributed by atoms with E-state index in [0.29, 0.717) is 27.7 Å². The lowest BCUT2D eigenvalue weighted by Gasteiger charge is -2.13. The maximum Gasteiger partial charge on any atom is 0.236 e. The Hall–Kier alpha value is -4.29. The fourth-order valence-corrected chi connectivity index (χ4v) is 5.18. The zero-order valence-electron chi connectivity index (χ0n) is 19.8. The van der Waals surface area contributed by atoms with Crippen molar-refractivity contribution >= 4 is 45.4 Å². The molecule has 2 heterocycles. The van der Waals surface area contributed by atoms with E-state index >= 15 is 0 Å². The van der Waals surface area contributed by atoms with E-state index in [2.05, 4.69) is 26.2 Å². The summed E-state index contributed by atoms with van der Waals surface area (Å²) >= 11 is 2.80. The van der Waals surface area contributed by atoms with Crippen LogP contribution in [-0.4, -0.2) is 35.4 Å². The summed E-state index contributed by atoms with van der Waals surface area (Å²) in [6, 6.07) is 16.7. The number of ether oxygens (including phenoxy) is 2. The number of hydrogen-bond donors (Lipinski definition) is 3. The number of anilines is 3. The summed E-state index contributed by atoms with van der Waals surface area (Å²) in [6.45, 7) is 7.70. The number of nitrogens with zero attached hydrogens (tertiary/aromatic N) is 4. The molecule has 0 aliphatic rings. The number of methoxy groups -OCH3 is 1. The molecular weight excluding hydrogens is 508 g/mol. The molecule has 4 N–H and O–H groups in total. The predicted octanol–water partition coefficient (Wildman–Crippen LogP) is 5.63. The standard InChI is InChI=1S/C26H22N6O3S2/c1-29-23-22(16-6-8-19(9-7-16)35-11-10-33)21(13-27)25(32-24(23)28)36-14-18-15-37-26(31-18)30-17-4-3-5-20(12-17)34-2/h3-9,12,15,33H,10-11,14H2,2H3,(H2,28,32)(H,30,31). The number of nitriles is 1. The van der Waals surface area contributed by atoms with E-state index in [9.17, 15) is 5.26 Å². The van der Waals surface area contributed by atoms with Crippen LogP contribution in [0.5, 0.6) is 11.5 Å². The lowest BCUT2D eigenvalue weighted by atomic mass is 10.00. The highest BCUT2D eigenvalue weighted by molar-refractivity contribution is 7.98. The van der Waals surface area contributed by atoms with Gasteiger partial charge in [0.1, 0.15) is 35.0 Å². The van der Waals surface area contributed by atoms with Crippen molar-refractivity contribution in [1.82, 2.24) is 9.97 Å². The molecule has 0 fully saturated rings. The fraction of sp³-hybridized carbons (Fsp3) is 0.154. The van der Waals surface area contributed by atoms with Crippen LogP contribution in [0.2, 0.25) is 0 Å². The molecule has 2 aromatic carbocycles. The minimum Gasteiger partial charge on any atom is -0.497 e. The number of aromatic nitrogens is 2. The number of thiazole rings is 1. The van der Waals surface area contributed by atoms with E-state index in [-0.39, 0.29) is 30.3 Å². The summed E-state index contributed by atoms with van der Waals surface area (Å²) in [5.41, 5.74) is 9.29. The van der Waals surface area contributed by atoms with Gasteiger partial charge in [-0.25, -0.2) is 14.8 Å². The minimum atomic E-state index is -0.0960. The number of pyridine rings is 1. The molecule has 4 aromatic rings. The van der Waals surface area contributed by atoms with Gasteiger partial charge in [-0.3, -0.25) is 0 Å². The maximum absolute atomic E-state index is 10.0. The molecule has 0 saturated carbocycles. The van der Waals surface area contributed by atoms with Crippen molar-refractivity contribution in [3.05, 3.63) is 76.6 Å². The van der Waals surface area contributed by atoms with Crippen LogP contribution in [-0.2, 0) is 5.75 Å². The van der Waals surface area contributed by atoms with Gasteiger partial charge < -0.3 is 25.6 Å². The molecule has 0 aliphatic heterocycles. The number of nitrogens with one attached hydrogen (secondary N) is 1. The smallest absolute Gasteiger partial charge is 0.236 e. The number of nitrogens with two attached hydrogens (primary N) is 1. The van der Waals surface area contributed by atoms with Crippen molar-refractivity contribution in [3.63, 3.8) is 0 Å². The number of aliphatic hydroxyl groups is 1. The van der Waals surface area contributed by atoms with Crippen molar-refractivity contribution in [1.29, 1.82) is 5.26 Å². The summed E-state index contributed by atoms with van der Waals surface area (Å²) in [5, 5.41) is 25.3. The molecule has 0 unspecified atom stereocenters. The van der Waals surface area contributed by atoms with Gasteiger partial charge in [0, 0.05) is 28.5 Å². The lowest BCUT2D eigenvalue weighted by molar-refractivity contribution is 0.201. The Kier molecular flexibility index (Phi) is 8.44. The number of hydrogen-bond acceptors (Lipinski definition) is 10. The van der Waals surface area contributed by atoms with Crippen LogP contribution < -0.4 is 20.5 Å². The number of benzene rings is 2. The molecule has 37 heavy (non-hydrogen) atoms. The Morgan fingerprint density at radius 2 is 2.03 bits per heavy atom. The van der Waals surface area contributed by atoms with Gasteiger partial charge in [0.2, 0.25) is 5.69 Å². The third kappa shape index (κ3) is 6.11. The van der Waals surface area contributed by atoms with Crippen molar-refractivity contribution in [2.45, 2.75) is 10.8 Å². The van der Waals surface area contributed by atoms with Crippen LogP contribution in [0.15, 0.2) is 58.9 Å². The van der Waals surface area contributed by atoms with E-state index < -0.39 is 0 Å². The second-order valence-electron chi connectivity index (χ2n) is 7.51. The van der Waals surface area contributed by atoms with Gasteiger partial charge in [-0.05, 0) is 29.8 Å². The Bertz CT molecular complexity index is 1480. The monoisotopic (exact) mass is 530 g/mol. The van der Waals surface area contributed by atoms with Gasteiger partial charge >= 0.3 is 0 Å². The van der Waals surface area contributed by atoms with Gasteiger partial charge in [-0.2, -0.15) is 5.26 Å². The largest absolute Gasteiger partial charge is 0.497 e. The zero-order valence-corrected chi connectivity index (χ0v) is 21.4. The normalized spacial score (nSPS) is 10.4. The first kappa shape index (κ1) is 25.8. The number of rotatable bonds is 10. The first-order valence-electron chi connectivity index (χ1n) is 11.0. The van der Waals surface area contributed by atoms with Gasteiger partial charge in [0.15, 0.2) is 5.13 Å². The highest BCUT2D eigenvalue weighted by Crippen LogP contribution is 2.42. The van der Waals surface area contributed by atoms with Crippen LogP contribution in [0, 0.1) is 17.9 Å². The maximum atomic E-state index is 10.0. The minimum absolute atomic E-state index is 0.0609. The summed E-state index contributed by atoms with van der Waals surface area (Å²) in [7, 11) is 1.62. The molecule has 2 aromatic heterocycles. The Morgan fingerprint density at radius 1 is 1.22 bits per heavy atom. The first-order chi connectivity index (χ1) is 18.1. The predicted molar refractivity (Wildman–Crippen MR) is 146 cm³/mol. The van der Waals surface area contributed by atoms with E-state index in [1.165, 1.54) is 23.1 Å². The van der Waals surface area contributed by atoms with E-state index in [1.54, 1.807) is 31.4 Å². The molecule has 0 spiro atoms. The molecule has 11 heteroatoms. The van der Waals surface area contributed by atoms with Crippen molar-refractivity contribution in [3.8, 4) is 28.7 Å². The fourth-order valence-electron chi connectivity index (χ4n) is 3.45. The number of nitrogen functional groups attached to an aromatic ring is 1. The average molecular weight is 531 g/mol. The third-order valence-corrected chi connectivity index (χ3v) is 6.94. The molecule has 0 saturated heterocycles. The number of thioether (sulfide) groups is 1. The van der Waals surface area contributed by atoms with Crippen LogP contribution in [0.25, 0.3) is 16.0 Å². The molecule has 0 aliphatic carbocycles. The van der Waals surface area contributed by atoms with Crippen molar-refractivity contribution in [2.75, 3.05) is 31.4 Å². The summed E-state index contributed by atoms with van der Waals surface area (Å²) < 4.78 is 10.7. The Morgan fingerprint density at radius 3 is 2.73 bits per heavy atom. The van der Waals surface area contributed by atoms with E-state index in [0.717, 1.165) is 22.3 Å². The van der Waals surface area contributed by atoms with Gasteiger partial charge in [0.25, 0.3) is 0 Å². The third-order valence-electron chi connectivity index (χ3n) is 5.12. The zero-order chi connectivity index (χ0) is 26.2. The molecule has 0 amide bonds. The second kappa shape index (κ2) is 12.1. The average Bonchev–Trinajstić information content (AvgIpc) is 3.37. The Labute approximate surface area is 222 Å². The first-order valence-corrected chi connectivity index (χ1v) is 12.9. The SMILES string of the molecule is [C-]#[N+]c1c(N)nc(SCc2csc(Nc3cccc(OC)c3)n2)c(C#N)c1-c1ccc(OCCO)cc1. The van der Waals surface area contributed by atoms with Crippen LogP contribution in [0.1, 0.15) is 11.3 Å². The molecule has 0 radical (unpaired) electrons. The van der Waals surface area contributed by atoms with Crippen LogP contribution in [0.3, 0.4) is 0 Å². The van der Waals surface area contributed by atoms with E-state index in [4.69, 9.17) is 26.9 Å². The van der Waals surface area contributed by atoms with Crippen LogP contribution >= 0.6 is 23.1 Å². The molecule has 4 rings (SSSR count). The molecule has 0 atom stereocenters. The van der Waals surface area contributed by atoms with Crippen LogP contribution in [0.4, 0.5) is 22.3 Å². The molecule has 186 valence electrons. The Balaban J connectivity index is 1.57. The second-order valence-corrected chi connectivity index (χ2v) is 9.33.